The highest BCUT2D eigenvalue weighted by atomic mass is 16.5. The molecule has 2 aromatic rings. The van der Waals surface area contributed by atoms with Crippen molar-refractivity contribution in [3.8, 4) is 0 Å². The normalized spacial score (nSPS) is 10.7. The Morgan fingerprint density at radius 2 is 1.47 bits per heavy atom. The molecule has 15 heavy (non-hydrogen) atoms. The van der Waals surface area contributed by atoms with Crippen LogP contribution in [0.1, 0.15) is 0 Å². The largest absolute Gasteiger partial charge is 0.401 e. The van der Waals surface area contributed by atoms with Gasteiger partial charge in [0.25, 0.3) is 19.1 Å². The van der Waals surface area contributed by atoms with Crippen molar-refractivity contribution in [2.24, 2.45) is 0 Å². The minimum absolute atomic E-state index is 0.182. The number of nitrogens with zero attached hydrogens (tertiary/aromatic N) is 4. The lowest BCUT2D eigenvalue weighted by atomic mass is 10.8. The summed E-state index contributed by atoms with van der Waals surface area (Å²) in [5, 5.41) is 22.2. The van der Waals surface area contributed by atoms with E-state index in [-0.39, 0.29) is 6.67 Å². The molecule has 0 amide bonds. The summed E-state index contributed by atoms with van der Waals surface area (Å²) in [5.41, 5.74) is -1.05. The van der Waals surface area contributed by atoms with Crippen molar-refractivity contribution >= 4 is 0 Å². The third-order valence-electron chi connectivity index (χ3n) is 1.73. The molecule has 10 heteroatoms. The second-order valence-electron chi connectivity index (χ2n) is 2.82. The summed E-state index contributed by atoms with van der Waals surface area (Å²) in [7, 11) is 0. The Kier molecular flexibility index (Phi) is 1.81. The first-order chi connectivity index (χ1) is 7.06. The van der Waals surface area contributed by atoms with Gasteiger partial charge in [0.15, 0.2) is 0 Å². The molecule has 0 bridgehead atoms. The molecular formula is C5H8N6O4+2. The maximum absolute atomic E-state index is 11.1. The maximum atomic E-state index is 11.1. The van der Waals surface area contributed by atoms with Gasteiger partial charge < -0.3 is 10.4 Å². The zero-order valence-corrected chi connectivity index (χ0v) is 7.36. The van der Waals surface area contributed by atoms with Crippen molar-refractivity contribution in [1.82, 2.24) is 19.8 Å². The van der Waals surface area contributed by atoms with E-state index in [1.807, 2.05) is 0 Å². The van der Waals surface area contributed by atoms with Crippen LogP contribution in [0.5, 0.6) is 0 Å². The summed E-state index contributed by atoms with van der Waals surface area (Å²) in [4.78, 5) is 23.2. The zero-order chi connectivity index (χ0) is 11.0. The number of hydrogen-bond donors (Lipinski definition) is 4. The lowest BCUT2D eigenvalue weighted by Gasteiger charge is -1.87. The van der Waals surface area contributed by atoms with Gasteiger partial charge in [-0.1, -0.05) is 19.8 Å². The molecule has 0 saturated carbocycles. The Balaban J connectivity index is 2.37. The van der Waals surface area contributed by atoms with Gasteiger partial charge in [0.2, 0.25) is 0 Å². The average molecular weight is 216 g/mol. The van der Waals surface area contributed by atoms with Crippen LogP contribution in [0.3, 0.4) is 0 Å². The molecule has 0 fully saturated rings. The first kappa shape index (κ1) is 9.05. The third kappa shape index (κ3) is 1.59. The van der Waals surface area contributed by atoms with E-state index in [0.717, 1.165) is 21.8 Å². The number of hydrogen-bond acceptors (Lipinski definition) is 4. The molecule has 2 rings (SSSR count). The molecule has 10 nitrogen and oxygen atoms in total. The fourth-order valence-corrected chi connectivity index (χ4v) is 1.10. The Bertz CT molecular complexity index is 535. The Labute approximate surface area is 80.7 Å². The predicted octanol–water partition coefficient (Wildman–Crippen LogP) is -3.78. The lowest BCUT2D eigenvalue weighted by molar-refractivity contribution is -0.950. The van der Waals surface area contributed by atoms with Gasteiger partial charge in [0.1, 0.15) is 0 Å². The Hall–Kier alpha value is -2.52. The van der Waals surface area contributed by atoms with Crippen LogP contribution in [0.4, 0.5) is 0 Å². The van der Waals surface area contributed by atoms with Crippen LogP contribution in [-0.4, -0.2) is 30.2 Å². The van der Waals surface area contributed by atoms with Crippen LogP contribution in [0.15, 0.2) is 22.0 Å². The highest BCUT2D eigenvalue weighted by Gasteiger charge is 2.16. The van der Waals surface area contributed by atoms with Gasteiger partial charge in [0.05, 0.1) is 0 Å². The molecule has 4 N–H and O–H groups in total. The predicted molar refractivity (Wildman–Crippen MR) is 40.3 cm³/mol. The van der Waals surface area contributed by atoms with Crippen LogP contribution in [0.2, 0.25) is 0 Å². The summed E-state index contributed by atoms with van der Waals surface area (Å²) in [6.07, 6.45) is 1.78. The molecule has 80 valence electrons. The number of H-pyrrole nitrogens is 2. The molecule has 0 atom stereocenters. The average Bonchev–Trinajstić information content (AvgIpc) is 2.58. The van der Waals surface area contributed by atoms with Crippen molar-refractivity contribution in [2.45, 2.75) is 6.67 Å². The van der Waals surface area contributed by atoms with Crippen molar-refractivity contribution in [3.63, 3.8) is 0 Å². The molecule has 0 aliphatic carbocycles. The lowest BCUT2D eigenvalue weighted by Crippen LogP contribution is -2.35. The molecule has 0 aliphatic rings. The Morgan fingerprint density at radius 1 is 1.07 bits per heavy atom. The van der Waals surface area contributed by atoms with E-state index >= 15 is 0 Å². The first-order valence-electron chi connectivity index (χ1n) is 3.88. The molecule has 0 aromatic carbocycles. The standard InChI is InChI=1S/C5H6N6O4/c12-4-1-10(14)6-8(4)3-9-5(13)2-11(15)7-9/h1-2H,3H2,(H2-2,6,7,12,13,14,15)/p+2. The van der Waals surface area contributed by atoms with Gasteiger partial charge in [-0.3, -0.25) is 0 Å². The second-order valence-corrected chi connectivity index (χ2v) is 2.82. The van der Waals surface area contributed by atoms with Crippen LogP contribution < -0.4 is 20.8 Å². The monoisotopic (exact) mass is 216 g/mol. The van der Waals surface area contributed by atoms with Crippen LogP contribution in [-0.2, 0) is 6.67 Å². The minimum atomic E-state index is -0.525. The van der Waals surface area contributed by atoms with Crippen LogP contribution in [0.25, 0.3) is 0 Å². The SMILES string of the molecule is O=c1c[n+](O)[nH]n1Cn1[nH][n+](O)cc1=O. The number of aromatic amines is 2. The minimum Gasteiger partial charge on any atom is -0.331 e. The van der Waals surface area contributed by atoms with E-state index in [1.165, 1.54) is 0 Å². The summed E-state index contributed by atoms with van der Waals surface area (Å²) in [6.45, 7) is -0.182. The third-order valence-corrected chi connectivity index (χ3v) is 1.73. The summed E-state index contributed by atoms with van der Waals surface area (Å²) in [6, 6.07) is 0. The van der Waals surface area contributed by atoms with Gasteiger partial charge in [0, 0.05) is 9.69 Å². The maximum Gasteiger partial charge on any atom is 0.401 e. The van der Waals surface area contributed by atoms with Crippen LogP contribution in [0, 0.1) is 0 Å². The van der Waals surface area contributed by atoms with E-state index in [1.54, 1.807) is 0 Å². The van der Waals surface area contributed by atoms with E-state index in [9.17, 15) is 9.59 Å². The van der Waals surface area contributed by atoms with Crippen LogP contribution >= 0.6 is 0 Å². The van der Waals surface area contributed by atoms with Gasteiger partial charge in [-0.15, -0.1) is 0 Å². The van der Waals surface area contributed by atoms with E-state index in [4.69, 9.17) is 10.4 Å². The fourth-order valence-electron chi connectivity index (χ4n) is 1.10. The molecule has 0 radical (unpaired) electrons. The van der Waals surface area contributed by atoms with Crippen molar-refractivity contribution in [1.29, 1.82) is 0 Å². The van der Waals surface area contributed by atoms with E-state index < -0.39 is 11.1 Å². The fraction of sp³-hybridized carbons (Fsp3) is 0.200. The molecule has 2 heterocycles. The molecule has 0 saturated heterocycles. The van der Waals surface area contributed by atoms with E-state index in [2.05, 4.69) is 10.4 Å². The quantitative estimate of drug-likeness (QED) is 0.304. The highest BCUT2D eigenvalue weighted by molar-refractivity contribution is 4.66. The summed E-state index contributed by atoms with van der Waals surface area (Å²) >= 11 is 0. The second kappa shape index (κ2) is 3.01. The van der Waals surface area contributed by atoms with Crippen molar-refractivity contribution < 1.29 is 20.1 Å². The van der Waals surface area contributed by atoms with Gasteiger partial charge in [-0.25, -0.2) is 9.59 Å². The van der Waals surface area contributed by atoms with Crippen molar-refractivity contribution in [2.75, 3.05) is 0 Å². The molecule has 0 unspecified atom stereocenters. The Morgan fingerprint density at radius 3 is 1.73 bits per heavy atom. The van der Waals surface area contributed by atoms with Crippen molar-refractivity contribution in [3.05, 3.63) is 33.1 Å². The van der Waals surface area contributed by atoms with E-state index in [0.29, 0.717) is 9.69 Å². The number of aromatic nitrogens is 6. The molecule has 2 aromatic heterocycles. The summed E-state index contributed by atoms with van der Waals surface area (Å²) in [5.74, 6) is 0. The number of nitrogens with one attached hydrogen (secondary N) is 2. The smallest absolute Gasteiger partial charge is 0.331 e. The van der Waals surface area contributed by atoms with Gasteiger partial charge in [-0.05, 0) is 0 Å². The zero-order valence-electron chi connectivity index (χ0n) is 7.36. The summed E-state index contributed by atoms with van der Waals surface area (Å²) < 4.78 is 1.91. The van der Waals surface area contributed by atoms with Gasteiger partial charge in [-0.2, -0.15) is 0 Å². The molecular weight excluding hydrogens is 208 g/mol. The topological polar surface area (TPSA) is 124 Å². The number of rotatable bonds is 2. The first-order valence-corrected chi connectivity index (χ1v) is 3.88. The highest BCUT2D eigenvalue weighted by Crippen LogP contribution is 1.72. The molecule has 0 spiro atoms. The van der Waals surface area contributed by atoms with Gasteiger partial charge >= 0.3 is 11.1 Å². The molecule has 0 aliphatic heterocycles.